The molecule has 0 spiro atoms. The van der Waals surface area contributed by atoms with Crippen LogP contribution in [0.4, 0.5) is 0 Å². The Labute approximate surface area is 85.8 Å². The third-order valence-corrected chi connectivity index (χ3v) is 2.41. The smallest absolute Gasteiger partial charge is 0.126 e. The van der Waals surface area contributed by atoms with Crippen molar-refractivity contribution in [2.45, 2.75) is 12.8 Å². The zero-order valence-corrected chi connectivity index (χ0v) is 9.37. The number of rotatable bonds is 2. The first-order valence-corrected chi connectivity index (χ1v) is 4.90. The summed E-state index contributed by atoms with van der Waals surface area (Å²) in [6.45, 7) is 2.00. The number of alkyl halides is 1. The molecule has 0 radical (unpaired) electrons. The van der Waals surface area contributed by atoms with Crippen molar-refractivity contribution in [1.29, 1.82) is 0 Å². The molecule has 1 aromatic carbocycles. The Kier molecular flexibility index (Phi) is 3.41. The summed E-state index contributed by atoms with van der Waals surface area (Å²) in [6, 6.07) is 3.98. The van der Waals surface area contributed by atoms with E-state index < -0.39 is 0 Å². The highest BCUT2D eigenvalue weighted by atomic mass is 79.9. The molecule has 0 aliphatic carbocycles. The van der Waals surface area contributed by atoms with Gasteiger partial charge in [0.1, 0.15) is 5.75 Å². The normalized spacial score (nSPS) is 10.0. The predicted molar refractivity (Wildman–Crippen MR) is 55.0 cm³/mol. The molecule has 0 saturated heterocycles. The molecule has 0 saturated carbocycles. The fourth-order valence-corrected chi connectivity index (χ4v) is 2.01. The van der Waals surface area contributed by atoms with Crippen LogP contribution in [0.15, 0.2) is 16.6 Å². The Bertz CT molecular complexity index is 286. The van der Waals surface area contributed by atoms with Gasteiger partial charge in [0, 0.05) is 10.0 Å². The highest BCUT2D eigenvalue weighted by Gasteiger charge is 2.05. The van der Waals surface area contributed by atoms with E-state index >= 15 is 0 Å². The molecular formula is C9H10BrClO. The molecule has 0 fully saturated rings. The van der Waals surface area contributed by atoms with E-state index in [-0.39, 0.29) is 0 Å². The van der Waals surface area contributed by atoms with Gasteiger partial charge in [-0.15, -0.1) is 11.6 Å². The van der Waals surface area contributed by atoms with E-state index in [0.29, 0.717) is 5.88 Å². The Balaban J connectivity index is 3.24. The van der Waals surface area contributed by atoms with Gasteiger partial charge in [-0.3, -0.25) is 0 Å². The molecule has 0 amide bonds. The molecule has 1 aromatic rings. The average molecular weight is 250 g/mol. The average Bonchev–Trinajstić information content (AvgIpc) is 2.03. The maximum absolute atomic E-state index is 5.75. The fraction of sp³-hybridized carbons (Fsp3) is 0.333. The number of ether oxygens (including phenoxy) is 1. The molecule has 12 heavy (non-hydrogen) atoms. The zero-order chi connectivity index (χ0) is 9.14. The third-order valence-electron chi connectivity index (χ3n) is 1.66. The summed E-state index contributed by atoms with van der Waals surface area (Å²) in [4.78, 5) is 0. The van der Waals surface area contributed by atoms with Crippen LogP contribution in [-0.4, -0.2) is 7.11 Å². The number of methoxy groups -OCH3 is 1. The Morgan fingerprint density at radius 3 is 2.67 bits per heavy atom. The van der Waals surface area contributed by atoms with Crippen molar-refractivity contribution >= 4 is 27.5 Å². The van der Waals surface area contributed by atoms with E-state index in [9.17, 15) is 0 Å². The molecule has 0 heterocycles. The first-order chi connectivity index (χ1) is 5.69. The predicted octanol–water partition coefficient (Wildman–Crippen LogP) is 3.50. The fourth-order valence-electron chi connectivity index (χ4n) is 1.19. The van der Waals surface area contributed by atoms with Gasteiger partial charge in [0.15, 0.2) is 0 Å². The van der Waals surface area contributed by atoms with Crippen LogP contribution in [0.5, 0.6) is 5.75 Å². The van der Waals surface area contributed by atoms with E-state index in [1.165, 1.54) is 0 Å². The number of halogens is 2. The number of hydrogen-bond donors (Lipinski definition) is 0. The summed E-state index contributed by atoms with van der Waals surface area (Å²) in [5.74, 6) is 1.36. The topological polar surface area (TPSA) is 9.23 Å². The van der Waals surface area contributed by atoms with Gasteiger partial charge < -0.3 is 4.74 Å². The molecule has 0 unspecified atom stereocenters. The standard InChI is InChI=1S/C9H10BrClO/c1-6-3-8(10)4-7(5-11)9(6)12-2/h3-4H,5H2,1-2H3. The van der Waals surface area contributed by atoms with Gasteiger partial charge in [-0.25, -0.2) is 0 Å². The van der Waals surface area contributed by atoms with E-state index in [0.717, 1.165) is 21.3 Å². The minimum atomic E-state index is 0.476. The quantitative estimate of drug-likeness (QED) is 0.729. The van der Waals surface area contributed by atoms with Crippen LogP contribution in [0, 0.1) is 6.92 Å². The van der Waals surface area contributed by atoms with Crippen molar-refractivity contribution < 1.29 is 4.74 Å². The van der Waals surface area contributed by atoms with Gasteiger partial charge in [0.05, 0.1) is 13.0 Å². The molecular weight excluding hydrogens is 239 g/mol. The van der Waals surface area contributed by atoms with Gasteiger partial charge in [-0.05, 0) is 24.6 Å². The van der Waals surface area contributed by atoms with Crippen molar-refractivity contribution in [2.24, 2.45) is 0 Å². The Hall–Kier alpha value is -0.210. The summed E-state index contributed by atoms with van der Waals surface area (Å²) in [5.41, 5.74) is 2.12. The minimum absolute atomic E-state index is 0.476. The highest BCUT2D eigenvalue weighted by molar-refractivity contribution is 9.10. The van der Waals surface area contributed by atoms with E-state index in [1.807, 2.05) is 19.1 Å². The zero-order valence-electron chi connectivity index (χ0n) is 7.03. The van der Waals surface area contributed by atoms with Crippen LogP contribution in [0.2, 0.25) is 0 Å². The molecule has 0 bridgehead atoms. The van der Waals surface area contributed by atoms with Gasteiger partial charge >= 0.3 is 0 Å². The van der Waals surface area contributed by atoms with Gasteiger partial charge in [0.2, 0.25) is 0 Å². The second-order valence-electron chi connectivity index (χ2n) is 2.55. The van der Waals surface area contributed by atoms with Crippen molar-refractivity contribution in [1.82, 2.24) is 0 Å². The first-order valence-electron chi connectivity index (χ1n) is 3.58. The van der Waals surface area contributed by atoms with Crippen molar-refractivity contribution in [3.63, 3.8) is 0 Å². The molecule has 0 N–H and O–H groups in total. The molecule has 1 nitrogen and oxygen atoms in total. The van der Waals surface area contributed by atoms with Gasteiger partial charge in [-0.1, -0.05) is 15.9 Å². The molecule has 0 atom stereocenters. The van der Waals surface area contributed by atoms with Crippen LogP contribution in [-0.2, 0) is 5.88 Å². The third kappa shape index (κ3) is 1.93. The monoisotopic (exact) mass is 248 g/mol. The van der Waals surface area contributed by atoms with Crippen LogP contribution in [0.1, 0.15) is 11.1 Å². The first kappa shape index (κ1) is 9.87. The second-order valence-corrected chi connectivity index (χ2v) is 3.73. The lowest BCUT2D eigenvalue weighted by Crippen LogP contribution is -1.92. The van der Waals surface area contributed by atoms with Crippen LogP contribution < -0.4 is 4.74 Å². The summed E-state index contributed by atoms with van der Waals surface area (Å²) in [6.07, 6.45) is 0. The van der Waals surface area contributed by atoms with Crippen molar-refractivity contribution in [3.05, 3.63) is 27.7 Å². The largest absolute Gasteiger partial charge is 0.496 e. The number of hydrogen-bond acceptors (Lipinski definition) is 1. The number of aryl methyl sites for hydroxylation is 1. The van der Waals surface area contributed by atoms with Crippen LogP contribution in [0.3, 0.4) is 0 Å². The second kappa shape index (κ2) is 4.15. The molecule has 66 valence electrons. The molecule has 0 aliphatic heterocycles. The van der Waals surface area contributed by atoms with Gasteiger partial charge in [0.25, 0.3) is 0 Å². The lowest BCUT2D eigenvalue weighted by molar-refractivity contribution is 0.408. The lowest BCUT2D eigenvalue weighted by Gasteiger charge is -2.09. The van der Waals surface area contributed by atoms with Crippen LogP contribution >= 0.6 is 27.5 Å². The molecule has 0 aliphatic rings. The van der Waals surface area contributed by atoms with E-state index in [4.69, 9.17) is 16.3 Å². The molecule has 1 rings (SSSR count). The number of benzene rings is 1. The summed E-state index contributed by atoms with van der Waals surface area (Å²) in [7, 11) is 1.66. The maximum atomic E-state index is 5.75. The highest BCUT2D eigenvalue weighted by Crippen LogP contribution is 2.28. The summed E-state index contributed by atoms with van der Waals surface area (Å²) in [5, 5.41) is 0. The Morgan fingerprint density at radius 2 is 2.17 bits per heavy atom. The molecule has 0 aromatic heterocycles. The lowest BCUT2D eigenvalue weighted by atomic mass is 10.1. The SMILES string of the molecule is COc1c(C)cc(Br)cc1CCl. The van der Waals surface area contributed by atoms with Gasteiger partial charge in [-0.2, -0.15) is 0 Å². The van der Waals surface area contributed by atoms with Crippen LogP contribution in [0.25, 0.3) is 0 Å². The maximum Gasteiger partial charge on any atom is 0.126 e. The summed E-state index contributed by atoms with van der Waals surface area (Å²) >= 11 is 9.16. The molecule has 3 heteroatoms. The Morgan fingerprint density at radius 1 is 1.50 bits per heavy atom. The van der Waals surface area contributed by atoms with Crippen molar-refractivity contribution in [3.8, 4) is 5.75 Å². The van der Waals surface area contributed by atoms with E-state index in [1.54, 1.807) is 7.11 Å². The minimum Gasteiger partial charge on any atom is -0.496 e. The van der Waals surface area contributed by atoms with Crippen molar-refractivity contribution in [2.75, 3.05) is 7.11 Å². The van der Waals surface area contributed by atoms with E-state index in [2.05, 4.69) is 15.9 Å². The summed E-state index contributed by atoms with van der Waals surface area (Å²) < 4.78 is 6.26.